The van der Waals surface area contributed by atoms with Gasteiger partial charge in [0.05, 0.1) is 0 Å². The monoisotopic (exact) mass is 262 g/mol. The summed E-state index contributed by atoms with van der Waals surface area (Å²) in [6.45, 7) is 21.8. The highest BCUT2D eigenvalue weighted by Gasteiger charge is 1.93. The zero-order valence-electron chi connectivity index (χ0n) is 14.0. The average Bonchev–Trinajstić information content (AvgIpc) is 1.99. The lowest BCUT2D eigenvalue weighted by Gasteiger charge is -2.10. The molecule has 0 saturated heterocycles. The first kappa shape index (κ1) is 22.3. The second-order valence-electron chi connectivity index (χ2n) is 5.66. The van der Waals surface area contributed by atoms with Crippen LogP contribution in [0.15, 0.2) is 0 Å². The van der Waals surface area contributed by atoms with Gasteiger partial charge in [0, 0.05) is 33.7 Å². The Hall–Kier alpha value is 0.137. The van der Waals surface area contributed by atoms with Gasteiger partial charge in [0.1, 0.15) is 0 Å². The van der Waals surface area contributed by atoms with Gasteiger partial charge in [-0.25, -0.2) is 0 Å². The number of hydrogen-bond donors (Lipinski definition) is 2. The molecule has 3 heteroatoms. The molecule has 2 nitrogen and oxygen atoms in total. The van der Waals surface area contributed by atoms with E-state index in [4.69, 9.17) is 0 Å². The van der Waals surface area contributed by atoms with Crippen molar-refractivity contribution in [3.05, 3.63) is 0 Å². The van der Waals surface area contributed by atoms with Gasteiger partial charge in [-0.3, -0.25) is 0 Å². The van der Waals surface area contributed by atoms with Crippen LogP contribution in [-0.2, 0) is 0 Å². The summed E-state index contributed by atoms with van der Waals surface area (Å²) in [6, 6.07) is 2.50. The minimum absolute atomic E-state index is 0.417. The Morgan fingerprint density at radius 3 is 0.647 bits per heavy atom. The molecule has 0 aliphatic carbocycles. The minimum atomic E-state index is 0.417. The second-order valence-corrected chi connectivity index (χ2v) is 7.07. The number of hydrogen-bond acceptors (Lipinski definition) is 2. The predicted octanol–water partition coefficient (Wildman–Crippen LogP) is 3.04. The zero-order chi connectivity index (χ0) is 14.4. The van der Waals surface area contributed by atoms with Gasteiger partial charge in [0.2, 0.25) is 0 Å². The molecule has 0 aromatic carbocycles. The summed E-state index contributed by atoms with van der Waals surface area (Å²) < 4.78 is 0. The summed E-state index contributed by atoms with van der Waals surface area (Å²) in [5, 5.41) is 6.61. The summed E-state index contributed by atoms with van der Waals surface area (Å²) in [5.41, 5.74) is 0. The van der Waals surface area contributed by atoms with E-state index in [1.807, 2.05) is 0 Å². The highest BCUT2D eigenvalue weighted by molar-refractivity contribution is 6.31. The fourth-order valence-corrected chi connectivity index (χ4v) is 1.33. The Morgan fingerprint density at radius 1 is 0.529 bits per heavy atom. The van der Waals surface area contributed by atoms with Crippen molar-refractivity contribution in [2.75, 3.05) is 0 Å². The average molecular weight is 263 g/mol. The van der Waals surface area contributed by atoms with Crippen LogP contribution in [0.4, 0.5) is 0 Å². The molecule has 0 unspecified atom stereocenters. The molecule has 2 N–H and O–H groups in total. The number of rotatable bonds is 4. The van der Waals surface area contributed by atoms with Crippen molar-refractivity contribution < 1.29 is 0 Å². The van der Waals surface area contributed by atoms with Gasteiger partial charge in [-0.15, -0.1) is 0 Å². The van der Waals surface area contributed by atoms with Crippen LogP contribution in [0.2, 0.25) is 13.1 Å². The number of nitrogens with one attached hydrogen (secondary N) is 2. The van der Waals surface area contributed by atoms with Crippen LogP contribution in [0.5, 0.6) is 0 Å². The molecular formula is C14H38N2Si. The SMILES string of the molecule is CC(C)NC(C)C.CC(C)NC(C)C.C[SiH2]C. The first-order valence-corrected chi connectivity index (χ1v) is 10.0. The van der Waals surface area contributed by atoms with Crippen molar-refractivity contribution >= 4 is 9.52 Å². The van der Waals surface area contributed by atoms with Crippen LogP contribution in [0.3, 0.4) is 0 Å². The lowest BCUT2D eigenvalue weighted by atomic mass is 10.3. The van der Waals surface area contributed by atoms with Crippen molar-refractivity contribution in [1.82, 2.24) is 10.6 Å². The van der Waals surface area contributed by atoms with Crippen LogP contribution < -0.4 is 10.6 Å². The molecule has 0 atom stereocenters. The van der Waals surface area contributed by atoms with Crippen LogP contribution >= 0.6 is 0 Å². The molecule has 0 aromatic rings. The predicted molar refractivity (Wildman–Crippen MR) is 87.1 cm³/mol. The first-order chi connectivity index (χ1) is 7.67. The lowest BCUT2D eigenvalue weighted by molar-refractivity contribution is 0.518. The van der Waals surface area contributed by atoms with E-state index in [1.165, 1.54) is 0 Å². The summed E-state index contributed by atoms with van der Waals surface area (Å²) in [4.78, 5) is 0. The Morgan fingerprint density at radius 2 is 0.647 bits per heavy atom. The minimum Gasteiger partial charge on any atom is -0.312 e. The highest BCUT2D eigenvalue weighted by atomic mass is 28.2. The summed E-state index contributed by atoms with van der Waals surface area (Å²) in [7, 11) is 0.417. The Kier molecular flexibility index (Phi) is 21.2. The quantitative estimate of drug-likeness (QED) is 0.761. The summed E-state index contributed by atoms with van der Waals surface area (Å²) in [5.74, 6) is 0. The van der Waals surface area contributed by atoms with E-state index >= 15 is 0 Å². The fraction of sp³-hybridized carbons (Fsp3) is 1.00. The molecule has 108 valence electrons. The second kappa shape index (κ2) is 16.1. The largest absolute Gasteiger partial charge is 0.312 e. The molecule has 0 bridgehead atoms. The van der Waals surface area contributed by atoms with Crippen molar-refractivity contribution in [1.29, 1.82) is 0 Å². The molecule has 0 radical (unpaired) electrons. The fourth-order valence-electron chi connectivity index (χ4n) is 1.33. The first-order valence-electron chi connectivity index (χ1n) is 7.19. The maximum absolute atomic E-state index is 3.31. The molecule has 0 heterocycles. The topological polar surface area (TPSA) is 24.1 Å². The van der Waals surface area contributed by atoms with E-state index in [1.54, 1.807) is 0 Å². The van der Waals surface area contributed by atoms with Gasteiger partial charge < -0.3 is 10.6 Å². The highest BCUT2D eigenvalue weighted by Crippen LogP contribution is 1.81. The van der Waals surface area contributed by atoms with Crippen LogP contribution in [-0.4, -0.2) is 33.7 Å². The smallest absolute Gasteiger partial charge is 0.0135 e. The van der Waals surface area contributed by atoms with Crippen molar-refractivity contribution in [2.45, 2.75) is 92.7 Å². The van der Waals surface area contributed by atoms with E-state index in [0.717, 1.165) is 0 Å². The molecule has 0 saturated carbocycles. The molecular weight excluding hydrogens is 224 g/mol. The Labute approximate surface area is 113 Å². The van der Waals surface area contributed by atoms with Crippen molar-refractivity contribution in [2.24, 2.45) is 0 Å². The third-order valence-corrected chi connectivity index (χ3v) is 1.33. The van der Waals surface area contributed by atoms with E-state index in [9.17, 15) is 0 Å². The molecule has 0 aliphatic rings. The van der Waals surface area contributed by atoms with E-state index in [2.05, 4.69) is 79.1 Å². The third kappa shape index (κ3) is 48.7. The molecule has 0 rings (SSSR count). The maximum atomic E-state index is 3.31. The third-order valence-electron chi connectivity index (χ3n) is 1.33. The van der Waals surface area contributed by atoms with Gasteiger partial charge in [-0.2, -0.15) is 0 Å². The molecule has 17 heavy (non-hydrogen) atoms. The van der Waals surface area contributed by atoms with Crippen LogP contribution in [0.25, 0.3) is 0 Å². The van der Waals surface area contributed by atoms with Gasteiger partial charge in [0.15, 0.2) is 0 Å². The van der Waals surface area contributed by atoms with Crippen molar-refractivity contribution in [3.8, 4) is 0 Å². The molecule has 0 aliphatic heterocycles. The summed E-state index contributed by atoms with van der Waals surface area (Å²) in [6.07, 6.45) is 0. The van der Waals surface area contributed by atoms with Gasteiger partial charge in [-0.05, 0) is 0 Å². The van der Waals surface area contributed by atoms with E-state index in [-0.39, 0.29) is 0 Å². The standard InChI is InChI=1S/2C6H15N.C2H8Si/c2*1-5(2)7-6(3)4;1-3-2/h2*5-7H,1-4H3;3H2,1-2H3. The maximum Gasteiger partial charge on any atom is 0.0135 e. The van der Waals surface area contributed by atoms with Gasteiger partial charge in [0.25, 0.3) is 0 Å². The Bertz CT molecular complexity index is 97.4. The molecule has 0 spiro atoms. The zero-order valence-corrected chi connectivity index (χ0v) is 15.4. The van der Waals surface area contributed by atoms with Crippen LogP contribution in [0.1, 0.15) is 55.4 Å². The lowest BCUT2D eigenvalue weighted by Crippen LogP contribution is -2.29. The Balaban J connectivity index is -0.000000188. The van der Waals surface area contributed by atoms with Gasteiger partial charge >= 0.3 is 0 Å². The molecule has 0 aromatic heterocycles. The molecule has 0 amide bonds. The van der Waals surface area contributed by atoms with Gasteiger partial charge in [-0.1, -0.05) is 68.5 Å². The van der Waals surface area contributed by atoms with E-state index < -0.39 is 0 Å². The summed E-state index contributed by atoms with van der Waals surface area (Å²) >= 11 is 0. The van der Waals surface area contributed by atoms with E-state index in [0.29, 0.717) is 33.7 Å². The van der Waals surface area contributed by atoms with Crippen molar-refractivity contribution in [3.63, 3.8) is 0 Å². The van der Waals surface area contributed by atoms with Crippen LogP contribution in [0, 0.1) is 0 Å². The normalized spacial score (nSPS) is 10.2. The molecule has 0 fully saturated rings.